The lowest BCUT2D eigenvalue weighted by Gasteiger charge is -2.07. The van der Waals surface area contributed by atoms with Gasteiger partial charge in [-0.2, -0.15) is 5.10 Å². The normalized spacial score (nSPS) is 10.4. The molecule has 2 N–H and O–H groups in total. The number of H-pyrrole nitrogens is 1. The molecule has 18 heavy (non-hydrogen) atoms. The summed E-state index contributed by atoms with van der Waals surface area (Å²) in [6.45, 7) is 5.66. The Labute approximate surface area is 110 Å². The third-order valence-corrected chi connectivity index (χ3v) is 3.42. The van der Waals surface area contributed by atoms with Gasteiger partial charge in [-0.1, -0.05) is 23.7 Å². The number of hydrogen-bond acceptors (Lipinski definition) is 2. The Morgan fingerprint density at radius 1 is 1.33 bits per heavy atom. The van der Waals surface area contributed by atoms with E-state index in [2.05, 4.69) is 15.5 Å². The van der Waals surface area contributed by atoms with E-state index in [9.17, 15) is 4.79 Å². The summed E-state index contributed by atoms with van der Waals surface area (Å²) in [6.07, 6.45) is 0. The summed E-state index contributed by atoms with van der Waals surface area (Å²) in [4.78, 5) is 12.1. The van der Waals surface area contributed by atoms with Crippen LogP contribution < -0.4 is 5.32 Å². The smallest absolute Gasteiger partial charge is 0.258 e. The molecule has 1 heterocycles. The number of carbonyl (C=O) groups excluding carboxylic acids is 1. The average molecular weight is 264 g/mol. The number of anilines is 1. The topological polar surface area (TPSA) is 57.8 Å². The molecule has 0 aliphatic heterocycles. The first kappa shape index (κ1) is 12.6. The SMILES string of the molecule is Cc1cccc(C(=O)Nc2n[nH]c(C)c2C)c1Cl. The Hall–Kier alpha value is -1.81. The maximum absolute atomic E-state index is 12.1. The lowest BCUT2D eigenvalue weighted by Crippen LogP contribution is -2.13. The summed E-state index contributed by atoms with van der Waals surface area (Å²) in [7, 11) is 0. The summed E-state index contributed by atoms with van der Waals surface area (Å²) < 4.78 is 0. The van der Waals surface area contributed by atoms with Crippen LogP contribution in [0.25, 0.3) is 0 Å². The van der Waals surface area contributed by atoms with Crippen LogP contribution in [0.5, 0.6) is 0 Å². The summed E-state index contributed by atoms with van der Waals surface area (Å²) in [6, 6.07) is 5.36. The maximum atomic E-state index is 12.1. The van der Waals surface area contributed by atoms with Crippen LogP contribution in [0.15, 0.2) is 18.2 Å². The lowest BCUT2D eigenvalue weighted by molar-refractivity contribution is 0.102. The molecule has 1 aromatic carbocycles. The van der Waals surface area contributed by atoms with E-state index in [-0.39, 0.29) is 5.91 Å². The van der Waals surface area contributed by atoms with Crippen molar-refractivity contribution in [1.29, 1.82) is 0 Å². The molecule has 1 aromatic heterocycles. The molecular formula is C13H14ClN3O. The van der Waals surface area contributed by atoms with Crippen molar-refractivity contribution in [3.8, 4) is 0 Å². The number of nitrogens with zero attached hydrogens (tertiary/aromatic N) is 1. The van der Waals surface area contributed by atoms with Crippen molar-refractivity contribution in [3.63, 3.8) is 0 Å². The van der Waals surface area contributed by atoms with E-state index in [1.165, 1.54) is 0 Å². The molecule has 0 atom stereocenters. The molecule has 0 radical (unpaired) electrons. The molecule has 2 rings (SSSR count). The second kappa shape index (κ2) is 4.82. The third kappa shape index (κ3) is 2.24. The van der Waals surface area contributed by atoms with Crippen LogP contribution in [0, 0.1) is 20.8 Å². The highest BCUT2D eigenvalue weighted by molar-refractivity contribution is 6.35. The van der Waals surface area contributed by atoms with E-state index in [0.717, 1.165) is 16.8 Å². The van der Waals surface area contributed by atoms with E-state index < -0.39 is 0 Å². The van der Waals surface area contributed by atoms with Crippen LogP contribution in [-0.2, 0) is 0 Å². The number of halogens is 1. The van der Waals surface area contributed by atoms with Crippen LogP contribution >= 0.6 is 11.6 Å². The molecule has 94 valence electrons. The van der Waals surface area contributed by atoms with Crippen LogP contribution in [-0.4, -0.2) is 16.1 Å². The number of aryl methyl sites for hydroxylation is 2. The highest BCUT2D eigenvalue weighted by Crippen LogP contribution is 2.22. The zero-order chi connectivity index (χ0) is 13.3. The van der Waals surface area contributed by atoms with Gasteiger partial charge in [0.05, 0.1) is 10.6 Å². The van der Waals surface area contributed by atoms with Gasteiger partial charge in [0.1, 0.15) is 0 Å². The quantitative estimate of drug-likeness (QED) is 0.874. The number of aromatic amines is 1. The number of nitrogens with one attached hydrogen (secondary N) is 2. The van der Waals surface area contributed by atoms with Gasteiger partial charge in [-0.05, 0) is 32.4 Å². The molecule has 0 fully saturated rings. The lowest BCUT2D eigenvalue weighted by atomic mass is 10.1. The molecule has 2 aromatic rings. The highest BCUT2D eigenvalue weighted by Gasteiger charge is 2.14. The predicted octanol–water partition coefficient (Wildman–Crippen LogP) is 3.24. The first-order valence-corrected chi connectivity index (χ1v) is 5.96. The van der Waals surface area contributed by atoms with Gasteiger partial charge in [0.25, 0.3) is 5.91 Å². The number of rotatable bonds is 2. The molecule has 0 bridgehead atoms. The van der Waals surface area contributed by atoms with Crippen LogP contribution in [0.3, 0.4) is 0 Å². The van der Waals surface area contributed by atoms with E-state index in [1.807, 2.05) is 26.8 Å². The maximum Gasteiger partial charge on any atom is 0.258 e. The largest absolute Gasteiger partial charge is 0.305 e. The average Bonchev–Trinajstić information content (AvgIpc) is 2.64. The molecule has 0 saturated carbocycles. The fourth-order valence-corrected chi connectivity index (χ4v) is 1.82. The summed E-state index contributed by atoms with van der Waals surface area (Å²) in [5.41, 5.74) is 3.18. The van der Waals surface area contributed by atoms with E-state index in [0.29, 0.717) is 16.4 Å². The molecule has 4 nitrogen and oxygen atoms in total. The predicted molar refractivity (Wildman–Crippen MR) is 72.2 cm³/mol. The minimum absolute atomic E-state index is 0.252. The van der Waals surface area contributed by atoms with Gasteiger partial charge < -0.3 is 5.32 Å². The second-order valence-electron chi connectivity index (χ2n) is 4.21. The van der Waals surface area contributed by atoms with Crippen molar-refractivity contribution >= 4 is 23.3 Å². The van der Waals surface area contributed by atoms with E-state index >= 15 is 0 Å². The van der Waals surface area contributed by atoms with Gasteiger partial charge >= 0.3 is 0 Å². The fraction of sp³-hybridized carbons (Fsp3) is 0.231. The van der Waals surface area contributed by atoms with Gasteiger partial charge in [0.15, 0.2) is 5.82 Å². The van der Waals surface area contributed by atoms with Crippen molar-refractivity contribution in [2.24, 2.45) is 0 Å². The zero-order valence-corrected chi connectivity index (χ0v) is 11.2. The Bertz CT molecular complexity index is 604. The van der Waals surface area contributed by atoms with Gasteiger partial charge in [0, 0.05) is 11.3 Å². The van der Waals surface area contributed by atoms with Crippen molar-refractivity contribution < 1.29 is 4.79 Å². The first-order chi connectivity index (χ1) is 8.50. The Kier molecular flexibility index (Phi) is 3.39. The first-order valence-electron chi connectivity index (χ1n) is 5.58. The molecule has 0 aliphatic carbocycles. The number of aromatic nitrogens is 2. The van der Waals surface area contributed by atoms with Gasteiger partial charge in [-0.3, -0.25) is 9.89 Å². The molecule has 5 heteroatoms. The minimum atomic E-state index is -0.252. The van der Waals surface area contributed by atoms with Gasteiger partial charge in [0.2, 0.25) is 0 Å². The number of carbonyl (C=O) groups is 1. The van der Waals surface area contributed by atoms with E-state index in [1.54, 1.807) is 12.1 Å². The molecule has 0 saturated heterocycles. The number of hydrogen-bond donors (Lipinski definition) is 2. The Balaban J connectivity index is 2.28. The molecule has 0 unspecified atom stereocenters. The van der Waals surface area contributed by atoms with Gasteiger partial charge in [-0.25, -0.2) is 0 Å². The van der Waals surface area contributed by atoms with Crippen molar-refractivity contribution in [2.75, 3.05) is 5.32 Å². The number of benzene rings is 1. The molecule has 0 aliphatic rings. The second-order valence-corrected chi connectivity index (χ2v) is 4.59. The van der Waals surface area contributed by atoms with Crippen LogP contribution in [0.2, 0.25) is 5.02 Å². The third-order valence-electron chi connectivity index (χ3n) is 2.92. The highest BCUT2D eigenvalue weighted by atomic mass is 35.5. The van der Waals surface area contributed by atoms with Crippen molar-refractivity contribution in [2.45, 2.75) is 20.8 Å². The zero-order valence-electron chi connectivity index (χ0n) is 10.5. The number of amides is 1. The monoisotopic (exact) mass is 263 g/mol. The van der Waals surface area contributed by atoms with Crippen LogP contribution in [0.1, 0.15) is 27.2 Å². The van der Waals surface area contributed by atoms with Gasteiger partial charge in [-0.15, -0.1) is 0 Å². The van der Waals surface area contributed by atoms with Crippen molar-refractivity contribution in [1.82, 2.24) is 10.2 Å². The van der Waals surface area contributed by atoms with Crippen LogP contribution in [0.4, 0.5) is 5.82 Å². The summed E-state index contributed by atoms with van der Waals surface area (Å²) >= 11 is 6.11. The fourth-order valence-electron chi connectivity index (χ4n) is 1.60. The summed E-state index contributed by atoms with van der Waals surface area (Å²) in [5, 5.41) is 10.1. The molecular weight excluding hydrogens is 250 g/mol. The summed E-state index contributed by atoms with van der Waals surface area (Å²) in [5.74, 6) is 0.286. The Morgan fingerprint density at radius 3 is 2.67 bits per heavy atom. The molecule has 0 spiro atoms. The standard InChI is InChI=1S/C13H14ClN3O/c1-7-5-4-6-10(11(7)14)13(18)15-12-8(2)9(3)16-17-12/h4-6H,1-3H3,(H2,15,16,17,18). The minimum Gasteiger partial charge on any atom is -0.305 e. The van der Waals surface area contributed by atoms with E-state index in [4.69, 9.17) is 11.6 Å². The molecule has 1 amide bonds. The Morgan fingerprint density at radius 2 is 2.06 bits per heavy atom. The van der Waals surface area contributed by atoms with Crippen molar-refractivity contribution in [3.05, 3.63) is 45.6 Å².